The number of halogens is 1. The monoisotopic (exact) mass is 282 g/mol. The number of alkyl halides is 1. The number of likely N-dealkylation sites (tertiary alicyclic amines) is 1. The summed E-state index contributed by atoms with van der Waals surface area (Å²) in [4.78, 5) is 2.41. The van der Waals surface area contributed by atoms with Crippen molar-refractivity contribution in [3.8, 4) is 0 Å². The second kappa shape index (κ2) is 8.29. The van der Waals surface area contributed by atoms with Crippen LogP contribution in [0.3, 0.4) is 0 Å². The molecular weight excluding hydrogens is 260 g/mol. The van der Waals surface area contributed by atoms with Crippen LogP contribution in [0.1, 0.15) is 32.1 Å². The van der Waals surface area contributed by atoms with Crippen LogP contribution in [0, 0.1) is 0 Å². The highest BCUT2D eigenvalue weighted by atomic mass is 35.5. The fourth-order valence-electron chi connectivity index (χ4n) is 2.03. The predicted octanol–water partition coefficient (Wildman–Crippen LogP) is 1.41. The van der Waals surface area contributed by atoms with Gasteiger partial charge < -0.3 is 4.90 Å². The van der Waals surface area contributed by atoms with Crippen molar-refractivity contribution >= 4 is 21.6 Å². The average Bonchev–Trinajstić information content (AvgIpc) is 2.34. The van der Waals surface area contributed by atoms with Crippen molar-refractivity contribution in [3.05, 3.63) is 0 Å². The highest BCUT2D eigenvalue weighted by Gasteiger charge is 2.11. The quantitative estimate of drug-likeness (QED) is 0.541. The van der Waals surface area contributed by atoms with E-state index in [1.807, 2.05) is 0 Å². The van der Waals surface area contributed by atoms with Gasteiger partial charge in [-0.3, -0.25) is 0 Å². The van der Waals surface area contributed by atoms with E-state index >= 15 is 0 Å². The first kappa shape index (κ1) is 15.2. The van der Waals surface area contributed by atoms with Crippen LogP contribution in [0.25, 0.3) is 0 Å². The Balaban J connectivity index is 2.06. The standard InChI is InChI=1S/C11H23ClN2O2S/c12-6-4-11-17(15,16)13-7-5-10-14-8-2-1-3-9-14/h13H,1-11H2. The largest absolute Gasteiger partial charge is 0.303 e. The van der Waals surface area contributed by atoms with Crippen LogP contribution in [0.15, 0.2) is 0 Å². The van der Waals surface area contributed by atoms with Gasteiger partial charge in [-0.2, -0.15) is 0 Å². The van der Waals surface area contributed by atoms with E-state index in [1.165, 1.54) is 32.4 Å². The summed E-state index contributed by atoms with van der Waals surface area (Å²) >= 11 is 5.47. The summed E-state index contributed by atoms with van der Waals surface area (Å²) in [7, 11) is -3.10. The number of piperidine rings is 1. The topological polar surface area (TPSA) is 49.4 Å². The van der Waals surface area contributed by atoms with Gasteiger partial charge in [-0.15, -0.1) is 11.6 Å². The normalized spacial score (nSPS) is 18.4. The summed E-state index contributed by atoms with van der Waals surface area (Å²) in [5, 5.41) is 0. The first-order valence-electron chi connectivity index (χ1n) is 6.40. The summed E-state index contributed by atoms with van der Waals surface area (Å²) in [6.45, 7) is 3.87. The molecule has 1 saturated heterocycles. The van der Waals surface area contributed by atoms with Crippen molar-refractivity contribution in [2.75, 3.05) is 37.8 Å². The lowest BCUT2D eigenvalue weighted by Gasteiger charge is -2.26. The molecule has 1 rings (SSSR count). The number of hydrogen-bond acceptors (Lipinski definition) is 3. The molecule has 0 spiro atoms. The van der Waals surface area contributed by atoms with Crippen molar-refractivity contribution in [2.24, 2.45) is 0 Å². The van der Waals surface area contributed by atoms with Gasteiger partial charge in [0.05, 0.1) is 5.75 Å². The first-order chi connectivity index (χ1) is 8.14. The van der Waals surface area contributed by atoms with Crippen LogP contribution < -0.4 is 4.72 Å². The number of hydrogen-bond donors (Lipinski definition) is 1. The first-order valence-corrected chi connectivity index (χ1v) is 8.58. The highest BCUT2D eigenvalue weighted by molar-refractivity contribution is 7.89. The Hall–Kier alpha value is 0.160. The molecule has 0 unspecified atom stereocenters. The summed E-state index contributed by atoms with van der Waals surface area (Å²) in [6.07, 6.45) is 5.30. The van der Waals surface area contributed by atoms with Crippen LogP contribution in [-0.4, -0.2) is 51.1 Å². The Bertz CT molecular complexity index is 290. The van der Waals surface area contributed by atoms with Crippen molar-refractivity contribution in [1.29, 1.82) is 0 Å². The SMILES string of the molecule is O=S(=O)(CCCCl)NCCCN1CCCCC1. The molecule has 0 aromatic rings. The smallest absolute Gasteiger partial charge is 0.211 e. The van der Waals surface area contributed by atoms with Crippen molar-refractivity contribution in [2.45, 2.75) is 32.1 Å². The van der Waals surface area contributed by atoms with Gasteiger partial charge in [-0.1, -0.05) is 6.42 Å². The van der Waals surface area contributed by atoms with Crippen LogP contribution >= 0.6 is 11.6 Å². The van der Waals surface area contributed by atoms with Crippen molar-refractivity contribution in [1.82, 2.24) is 9.62 Å². The molecule has 0 bridgehead atoms. The molecule has 4 nitrogen and oxygen atoms in total. The number of nitrogens with zero attached hydrogens (tertiary/aromatic N) is 1. The maximum atomic E-state index is 11.5. The van der Waals surface area contributed by atoms with Crippen LogP contribution in [0.4, 0.5) is 0 Å². The Morgan fingerprint density at radius 1 is 1.12 bits per heavy atom. The summed E-state index contributed by atoms with van der Waals surface area (Å²) in [6, 6.07) is 0. The summed E-state index contributed by atoms with van der Waals surface area (Å²) in [5.74, 6) is 0.537. The minimum atomic E-state index is -3.10. The zero-order chi connectivity index (χ0) is 12.6. The minimum Gasteiger partial charge on any atom is -0.303 e. The number of rotatable bonds is 8. The predicted molar refractivity (Wildman–Crippen MR) is 72.0 cm³/mol. The number of nitrogens with one attached hydrogen (secondary N) is 1. The van der Waals surface area contributed by atoms with E-state index in [-0.39, 0.29) is 5.75 Å². The third kappa shape index (κ3) is 7.24. The molecule has 1 aliphatic rings. The van der Waals surface area contributed by atoms with Gasteiger partial charge in [-0.25, -0.2) is 13.1 Å². The van der Waals surface area contributed by atoms with Gasteiger partial charge >= 0.3 is 0 Å². The molecule has 102 valence electrons. The van der Waals surface area contributed by atoms with Crippen LogP contribution in [-0.2, 0) is 10.0 Å². The lowest BCUT2D eigenvalue weighted by molar-refractivity contribution is 0.227. The van der Waals surface area contributed by atoms with Gasteiger partial charge in [0.2, 0.25) is 10.0 Å². The Morgan fingerprint density at radius 3 is 2.47 bits per heavy atom. The van der Waals surface area contributed by atoms with Crippen molar-refractivity contribution in [3.63, 3.8) is 0 Å². The van der Waals surface area contributed by atoms with E-state index in [0.717, 1.165) is 13.0 Å². The average molecular weight is 283 g/mol. The van der Waals surface area contributed by atoms with Gasteiger partial charge in [0.1, 0.15) is 0 Å². The van der Waals surface area contributed by atoms with Gasteiger partial charge in [0.15, 0.2) is 0 Å². The zero-order valence-electron chi connectivity index (χ0n) is 10.3. The third-order valence-electron chi connectivity index (χ3n) is 2.97. The van der Waals surface area contributed by atoms with E-state index in [1.54, 1.807) is 0 Å². The highest BCUT2D eigenvalue weighted by Crippen LogP contribution is 2.08. The second-order valence-electron chi connectivity index (χ2n) is 4.51. The molecule has 0 aliphatic carbocycles. The molecule has 17 heavy (non-hydrogen) atoms. The fraction of sp³-hybridized carbons (Fsp3) is 1.00. The molecule has 1 N–H and O–H groups in total. The van der Waals surface area contributed by atoms with Gasteiger partial charge in [0.25, 0.3) is 0 Å². The lowest BCUT2D eigenvalue weighted by Crippen LogP contribution is -2.34. The molecule has 6 heteroatoms. The van der Waals surface area contributed by atoms with E-state index < -0.39 is 10.0 Å². The molecule has 0 atom stereocenters. The van der Waals surface area contributed by atoms with E-state index in [0.29, 0.717) is 18.8 Å². The van der Waals surface area contributed by atoms with Gasteiger partial charge in [-0.05, 0) is 45.3 Å². The molecule has 0 radical (unpaired) electrons. The van der Waals surface area contributed by atoms with E-state index in [4.69, 9.17) is 11.6 Å². The van der Waals surface area contributed by atoms with Crippen LogP contribution in [0.2, 0.25) is 0 Å². The minimum absolute atomic E-state index is 0.139. The second-order valence-corrected chi connectivity index (χ2v) is 6.82. The third-order valence-corrected chi connectivity index (χ3v) is 4.71. The Morgan fingerprint density at radius 2 is 1.82 bits per heavy atom. The fourth-order valence-corrected chi connectivity index (χ4v) is 3.45. The van der Waals surface area contributed by atoms with Gasteiger partial charge in [0, 0.05) is 12.4 Å². The van der Waals surface area contributed by atoms with Crippen molar-refractivity contribution < 1.29 is 8.42 Å². The Kier molecular flexibility index (Phi) is 7.43. The summed E-state index contributed by atoms with van der Waals surface area (Å²) in [5.41, 5.74) is 0. The molecule has 0 amide bonds. The molecule has 0 aromatic carbocycles. The molecular formula is C11H23ClN2O2S. The maximum Gasteiger partial charge on any atom is 0.211 e. The molecule has 1 heterocycles. The molecule has 0 saturated carbocycles. The summed E-state index contributed by atoms with van der Waals surface area (Å²) < 4.78 is 25.5. The molecule has 0 aromatic heterocycles. The maximum absolute atomic E-state index is 11.5. The van der Waals surface area contributed by atoms with E-state index in [2.05, 4.69) is 9.62 Å². The van der Waals surface area contributed by atoms with E-state index in [9.17, 15) is 8.42 Å². The van der Waals surface area contributed by atoms with Crippen LogP contribution in [0.5, 0.6) is 0 Å². The lowest BCUT2D eigenvalue weighted by atomic mass is 10.1. The molecule has 1 aliphatic heterocycles. The zero-order valence-corrected chi connectivity index (χ0v) is 11.9. The Labute approximate surface area is 110 Å². The molecule has 1 fully saturated rings. The number of sulfonamides is 1.